The van der Waals surface area contributed by atoms with Gasteiger partial charge in [0, 0.05) is 23.8 Å². The SMILES string of the molecule is O=C(CC1CSc2nc3c(c(=O)n21)CCC3)Nc1ccc(F)cc1F. The number of fused-ring (bicyclic) bond motifs is 2. The zero-order valence-electron chi connectivity index (χ0n) is 13.2. The lowest BCUT2D eigenvalue weighted by Gasteiger charge is -2.14. The first kappa shape index (κ1) is 16.3. The first-order valence-electron chi connectivity index (χ1n) is 8.05. The third-order valence-corrected chi connectivity index (χ3v) is 5.60. The van der Waals surface area contributed by atoms with Crippen molar-refractivity contribution in [2.24, 2.45) is 0 Å². The number of nitrogens with zero attached hydrogens (tertiary/aromatic N) is 2. The lowest BCUT2D eigenvalue weighted by Crippen LogP contribution is -2.30. The number of aromatic nitrogens is 2. The van der Waals surface area contributed by atoms with E-state index >= 15 is 0 Å². The van der Waals surface area contributed by atoms with Crippen LogP contribution < -0.4 is 10.9 Å². The average molecular weight is 363 g/mol. The van der Waals surface area contributed by atoms with Crippen LogP contribution in [0.3, 0.4) is 0 Å². The van der Waals surface area contributed by atoms with Gasteiger partial charge in [0.05, 0.1) is 17.4 Å². The third kappa shape index (κ3) is 2.95. The minimum absolute atomic E-state index is 0.0389. The van der Waals surface area contributed by atoms with Crippen LogP contribution in [-0.4, -0.2) is 21.2 Å². The largest absolute Gasteiger partial charge is 0.324 e. The van der Waals surface area contributed by atoms with Crippen LogP contribution in [0.5, 0.6) is 0 Å². The molecule has 0 saturated heterocycles. The summed E-state index contributed by atoms with van der Waals surface area (Å²) in [5.74, 6) is -1.38. The molecule has 1 amide bonds. The number of carbonyl (C=O) groups excluding carboxylic acids is 1. The van der Waals surface area contributed by atoms with Gasteiger partial charge >= 0.3 is 0 Å². The van der Waals surface area contributed by atoms with Crippen LogP contribution in [0, 0.1) is 11.6 Å². The number of benzene rings is 1. The van der Waals surface area contributed by atoms with E-state index in [1.807, 2.05) is 0 Å². The molecule has 2 aliphatic rings. The van der Waals surface area contributed by atoms with Gasteiger partial charge in [0.2, 0.25) is 5.91 Å². The molecule has 2 aromatic rings. The molecule has 1 N–H and O–H groups in total. The highest BCUT2D eigenvalue weighted by Gasteiger charge is 2.31. The van der Waals surface area contributed by atoms with Crippen LogP contribution in [0.15, 0.2) is 28.2 Å². The lowest BCUT2D eigenvalue weighted by molar-refractivity contribution is -0.116. The number of thioether (sulfide) groups is 1. The van der Waals surface area contributed by atoms with Crippen LogP contribution in [0.4, 0.5) is 14.5 Å². The summed E-state index contributed by atoms with van der Waals surface area (Å²) in [6.45, 7) is 0. The Labute approximate surface area is 146 Å². The number of carbonyl (C=O) groups is 1. The average Bonchev–Trinajstić information content (AvgIpc) is 3.18. The third-order valence-electron chi connectivity index (χ3n) is 4.50. The number of rotatable bonds is 3. The van der Waals surface area contributed by atoms with Crippen molar-refractivity contribution in [1.82, 2.24) is 9.55 Å². The summed E-state index contributed by atoms with van der Waals surface area (Å²) in [6.07, 6.45) is 2.53. The quantitative estimate of drug-likeness (QED) is 0.852. The molecule has 0 spiro atoms. The maximum atomic E-state index is 13.7. The molecule has 130 valence electrons. The van der Waals surface area contributed by atoms with Crippen molar-refractivity contribution in [2.75, 3.05) is 11.1 Å². The number of halogens is 2. The first-order chi connectivity index (χ1) is 12.0. The van der Waals surface area contributed by atoms with Crippen molar-refractivity contribution in [3.63, 3.8) is 0 Å². The molecule has 0 bridgehead atoms. The van der Waals surface area contributed by atoms with E-state index < -0.39 is 17.5 Å². The fourth-order valence-electron chi connectivity index (χ4n) is 3.31. The van der Waals surface area contributed by atoms with Gasteiger partial charge in [0.1, 0.15) is 11.6 Å². The van der Waals surface area contributed by atoms with Crippen molar-refractivity contribution < 1.29 is 13.6 Å². The maximum Gasteiger partial charge on any atom is 0.257 e. The Morgan fingerprint density at radius 2 is 2.20 bits per heavy atom. The summed E-state index contributed by atoms with van der Waals surface area (Å²) in [5, 5.41) is 3.09. The fraction of sp³-hybridized carbons (Fsp3) is 0.353. The minimum atomic E-state index is -0.828. The van der Waals surface area contributed by atoms with Gasteiger partial charge < -0.3 is 5.32 Å². The number of hydrogen-bond donors (Lipinski definition) is 1. The Morgan fingerprint density at radius 3 is 3.00 bits per heavy atom. The normalized spacial score (nSPS) is 18.1. The van der Waals surface area contributed by atoms with Crippen LogP contribution in [0.2, 0.25) is 0 Å². The molecule has 2 heterocycles. The van der Waals surface area contributed by atoms with Crippen molar-refractivity contribution in [1.29, 1.82) is 0 Å². The van der Waals surface area contributed by atoms with E-state index in [0.717, 1.165) is 36.6 Å². The van der Waals surface area contributed by atoms with Gasteiger partial charge in [-0.2, -0.15) is 0 Å². The van der Waals surface area contributed by atoms with Crippen molar-refractivity contribution >= 4 is 23.4 Å². The number of aryl methyl sites for hydroxylation is 1. The number of nitrogens with one attached hydrogen (secondary N) is 1. The first-order valence-corrected chi connectivity index (χ1v) is 9.03. The Balaban J connectivity index is 1.54. The maximum absolute atomic E-state index is 13.7. The molecule has 0 fully saturated rings. The Kier molecular flexibility index (Phi) is 4.07. The van der Waals surface area contributed by atoms with Crippen LogP contribution in [-0.2, 0) is 17.6 Å². The zero-order chi connectivity index (χ0) is 17.6. The van der Waals surface area contributed by atoms with Gasteiger partial charge in [0.25, 0.3) is 5.56 Å². The summed E-state index contributed by atoms with van der Waals surface area (Å²) in [6, 6.07) is 2.67. The summed E-state index contributed by atoms with van der Waals surface area (Å²) in [7, 11) is 0. The predicted octanol–water partition coefficient (Wildman–Crippen LogP) is 2.69. The summed E-state index contributed by atoms with van der Waals surface area (Å²) in [5.41, 5.74) is 1.49. The van der Waals surface area contributed by atoms with Crippen LogP contribution in [0.1, 0.15) is 30.1 Å². The lowest BCUT2D eigenvalue weighted by atomic mass is 10.2. The molecule has 1 unspecified atom stereocenters. The topological polar surface area (TPSA) is 64.0 Å². The van der Waals surface area contributed by atoms with Gasteiger partial charge in [-0.1, -0.05) is 11.8 Å². The number of anilines is 1. The standard InChI is InChI=1S/C17H15F2N3O2S/c18-9-4-5-14(12(19)6-9)20-15(23)7-10-8-25-17-21-13-3-1-2-11(13)16(24)22(10)17/h4-6,10H,1-3,7-8H2,(H,20,23). The van der Waals surface area contributed by atoms with E-state index in [4.69, 9.17) is 0 Å². The summed E-state index contributed by atoms with van der Waals surface area (Å²) < 4.78 is 28.2. The summed E-state index contributed by atoms with van der Waals surface area (Å²) in [4.78, 5) is 29.5. The number of hydrogen-bond acceptors (Lipinski definition) is 4. The van der Waals surface area contributed by atoms with E-state index in [1.54, 1.807) is 4.57 Å². The highest BCUT2D eigenvalue weighted by atomic mass is 32.2. The second-order valence-corrected chi connectivity index (χ2v) is 7.18. The predicted molar refractivity (Wildman–Crippen MR) is 89.9 cm³/mol. The Morgan fingerprint density at radius 1 is 1.36 bits per heavy atom. The van der Waals surface area contributed by atoms with Gasteiger partial charge in [-0.05, 0) is 31.4 Å². The second-order valence-electron chi connectivity index (χ2n) is 6.19. The van der Waals surface area contributed by atoms with Gasteiger partial charge in [0.15, 0.2) is 5.16 Å². The van der Waals surface area contributed by atoms with Crippen LogP contribution in [0.25, 0.3) is 0 Å². The molecule has 0 radical (unpaired) electrons. The van der Waals surface area contributed by atoms with E-state index in [1.165, 1.54) is 17.8 Å². The molecule has 25 heavy (non-hydrogen) atoms. The van der Waals surface area contributed by atoms with E-state index in [-0.39, 0.29) is 23.7 Å². The molecular weight excluding hydrogens is 348 g/mol. The van der Waals surface area contributed by atoms with E-state index in [2.05, 4.69) is 10.3 Å². The van der Waals surface area contributed by atoms with Crippen molar-refractivity contribution in [3.8, 4) is 0 Å². The molecule has 5 nitrogen and oxygen atoms in total. The molecule has 1 aromatic carbocycles. The van der Waals surface area contributed by atoms with E-state index in [0.29, 0.717) is 17.0 Å². The monoisotopic (exact) mass is 363 g/mol. The molecule has 1 atom stereocenters. The Bertz CT molecular complexity index is 929. The zero-order valence-corrected chi connectivity index (χ0v) is 14.0. The molecule has 1 aliphatic carbocycles. The molecule has 0 saturated carbocycles. The van der Waals surface area contributed by atoms with Gasteiger partial charge in [-0.15, -0.1) is 0 Å². The van der Waals surface area contributed by atoms with Crippen molar-refractivity contribution in [3.05, 3.63) is 51.4 Å². The van der Waals surface area contributed by atoms with Crippen molar-refractivity contribution in [2.45, 2.75) is 36.9 Å². The molecule has 1 aromatic heterocycles. The highest BCUT2D eigenvalue weighted by Crippen LogP contribution is 2.34. The molecule has 8 heteroatoms. The Hall–Kier alpha value is -2.22. The summed E-state index contributed by atoms with van der Waals surface area (Å²) >= 11 is 1.46. The number of amides is 1. The van der Waals surface area contributed by atoms with E-state index in [9.17, 15) is 18.4 Å². The van der Waals surface area contributed by atoms with Crippen LogP contribution >= 0.6 is 11.8 Å². The smallest absolute Gasteiger partial charge is 0.257 e. The fourth-order valence-corrected chi connectivity index (χ4v) is 4.46. The van der Waals surface area contributed by atoms with Gasteiger partial charge in [-0.25, -0.2) is 13.8 Å². The molecule has 1 aliphatic heterocycles. The molecular formula is C17H15F2N3O2S. The van der Waals surface area contributed by atoms with Gasteiger partial charge in [-0.3, -0.25) is 14.2 Å². The molecule has 4 rings (SSSR count). The minimum Gasteiger partial charge on any atom is -0.324 e. The second kappa shape index (κ2) is 6.25. The highest BCUT2D eigenvalue weighted by molar-refractivity contribution is 7.99.